The lowest BCUT2D eigenvalue weighted by Gasteiger charge is -2.27. The van der Waals surface area contributed by atoms with Gasteiger partial charge in [-0.2, -0.15) is 0 Å². The highest BCUT2D eigenvalue weighted by atomic mass is 28.5. The molecule has 32 heavy (non-hydrogen) atoms. The Labute approximate surface area is 201 Å². The van der Waals surface area contributed by atoms with Crippen molar-refractivity contribution in [2.24, 2.45) is 0 Å². The van der Waals surface area contributed by atoms with Gasteiger partial charge in [0.1, 0.15) is 0 Å². The standard InChI is InChI=1S/C25H30O3Si4/c1-17-11-8-14-23(20(17)4)29-26-32(7,27-30-24-15-9-12-18(2)21(24)5)28-31-25-16-10-13-19(3)22(25)6/h8-16H,1-7H3. The molecule has 0 atom stereocenters. The lowest BCUT2D eigenvalue weighted by atomic mass is 10.1. The van der Waals surface area contributed by atoms with E-state index in [1.165, 1.54) is 48.9 Å². The van der Waals surface area contributed by atoms with Crippen LogP contribution in [-0.4, -0.2) is 38.1 Å². The fourth-order valence-corrected chi connectivity index (χ4v) is 9.80. The maximum atomic E-state index is 6.47. The summed E-state index contributed by atoms with van der Waals surface area (Å²) in [4.78, 5) is 0. The number of rotatable bonds is 9. The van der Waals surface area contributed by atoms with Crippen LogP contribution in [0.5, 0.6) is 0 Å². The van der Waals surface area contributed by atoms with E-state index >= 15 is 0 Å². The van der Waals surface area contributed by atoms with Crippen LogP contribution in [0.15, 0.2) is 54.6 Å². The van der Waals surface area contributed by atoms with Crippen LogP contribution in [0.25, 0.3) is 0 Å². The minimum absolute atomic E-state index is 0.197. The minimum atomic E-state index is -2.88. The molecule has 0 saturated carbocycles. The Hall–Kier alpha value is -1.59. The Balaban J connectivity index is 1.79. The van der Waals surface area contributed by atoms with Gasteiger partial charge in [-0.25, -0.2) is 0 Å². The molecule has 6 radical (unpaired) electrons. The fraction of sp³-hybridized carbons (Fsp3) is 0.280. The van der Waals surface area contributed by atoms with E-state index in [4.69, 9.17) is 12.3 Å². The average molecular weight is 491 g/mol. The largest absolute Gasteiger partial charge is 0.466 e. The van der Waals surface area contributed by atoms with Gasteiger partial charge in [0, 0.05) is 6.55 Å². The van der Waals surface area contributed by atoms with Crippen molar-refractivity contribution in [1.29, 1.82) is 0 Å². The SMILES string of the molecule is Cc1cccc([Si]O[Si](C)(O[Si]c2cccc(C)c2C)O[Si]c2cccc(C)c2C)c1C. The molecule has 7 heteroatoms. The summed E-state index contributed by atoms with van der Waals surface area (Å²) in [5, 5.41) is 3.63. The zero-order chi connectivity index (χ0) is 23.3. The molecule has 0 N–H and O–H groups in total. The van der Waals surface area contributed by atoms with E-state index in [0.717, 1.165) is 0 Å². The summed E-state index contributed by atoms with van der Waals surface area (Å²) in [5.74, 6) is 0. The van der Waals surface area contributed by atoms with Crippen LogP contribution < -0.4 is 15.6 Å². The first-order chi connectivity index (χ1) is 15.2. The maximum Gasteiger partial charge on any atom is 0.466 e. The average Bonchev–Trinajstić information content (AvgIpc) is 2.77. The van der Waals surface area contributed by atoms with Crippen molar-refractivity contribution in [3.05, 3.63) is 88.0 Å². The Morgan fingerprint density at radius 1 is 0.500 bits per heavy atom. The molecule has 0 saturated heterocycles. The molecule has 0 amide bonds. The molecule has 3 aromatic rings. The van der Waals surface area contributed by atoms with Gasteiger partial charge in [-0.1, -0.05) is 54.6 Å². The molecule has 0 bridgehead atoms. The minimum Gasteiger partial charge on any atom is -0.412 e. The van der Waals surface area contributed by atoms with Gasteiger partial charge in [0.05, 0.1) is 0 Å². The Morgan fingerprint density at radius 3 is 1.06 bits per heavy atom. The summed E-state index contributed by atoms with van der Waals surface area (Å²) in [6.07, 6.45) is 0. The van der Waals surface area contributed by atoms with Crippen LogP contribution in [0, 0.1) is 41.5 Å². The van der Waals surface area contributed by atoms with Crippen LogP contribution in [0.1, 0.15) is 33.4 Å². The van der Waals surface area contributed by atoms with Gasteiger partial charge in [-0.05, 0) is 90.5 Å². The number of benzene rings is 3. The van der Waals surface area contributed by atoms with Gasteiger partial charge in [-0.3, -0.25) is 0 Å². The molecule has 0 heterocycles. The molecular weight excluding hydrogens is 461 g/mol. The predicted molar refractivity (Wildman–Crippen MR) is 139 cm³/mol. The van der Waals surface area contributed by atoms with Crippen LogP contribution in [0.3, 0.4) is 0 Å². The van der Waals surface area contributed by atoms with Crippen molar-refractivity contribution >= 4 is 53.7 Å². The van der Waals surface area contributed by atoms with Crippen LogP contribution in [-0.2, 0) is 12.3 Å². The predicted octanol–water partition coefficient (Wildman–Crippen LogP) is 3.29. The zero-order valence-corrected chi connectivity index (χ0v) is 23.9. The van der Waals surface area contributed by atoms with E-state index in [2.05, 4.69) is 96.1 Å². The normalized spacial score (nSPS) is 11.7. The molecule has 0 fully saturated rings. The van der Waals surface area contributed by atoms with E-state index < -0.39 is 8.80 Å². The summed E-state index contributed by atoms with van der Waals surface area (Å²) >= 11 is 0. The van der Waals surface area contributed by atoms with Crippen LogP contribution >= 0.6 is 0 Å². The van der Waals surface area contributed by atoms with Crippen molar-refractivity contribution in [2.75, 3.05) is 0 Å². The van der Waals surface area contributed by atoms with E-state index in [0.29, 0.717) is 0 Å². The summed E-state index contributed by atoms with van der Waals surface area (Å²) < 4.78 is 19.4. The Morgan fingerprint density at radius 2 is 0.781 bits per heavy atom. The third-order valence-corrected chi connectivity index (χ3v) is 13.8. The van der Waals surface area contributed by atoms with Crippen LogP contribution in [0.2, 0.25) is 6.55 Å². The second-order valence-electron chi connectivity index (χ2n) is 8.22. The highest BCUT2D eigenvalue weighted by Crippen LogP contribution is 2.11. The van der Waals surface area contributed by atoms with E-state index in [1.807, 2.05) is 6.55 Å². The molecule has 164 valence electrons. The number of aryl methyl sites for hydroxylation is 3. The van der Waals surface area contributed by atoms with Crippen molar-refractivity contribution in [3.8, 4) is 0 Å². The molecule has 0 aliphatic heterocycles. The van der Waals surface area contributed by atoms with Crippen molar-refractivity contribution in [1.82, 2.24) is 0 Å². The molecule has 0 unspecified atom stereocenters. The topological polar surface area (TPSA) is 27.7 Å². The second kappa shape index (κ2) is 11.0. The van der Waals surface area contributed by atoms with Gasteiger partial charge < -0.3 is 12.3 Å². The van der Waals surface area contributed by atoms with E-state index in [9.17, 15) is 0 Å². The molecule has 3 aromatic carbocycles. The molecule has 0 aliphatic carbocycles. The first-order valence-electron chi connectivity index (χ1n) is 10.7. The quantitative estimate of drug-likeness (QED) is 0.431. The van der Waals surface area contributed by atoms with Gasteiger partial charge in [0.25, 0.3) is 29.3 Å². The summed E-state index contributed by atoms with van der Waals surface area (Å²) in [6, 6.07) is 19.1. The third kappa shape index (κ3) is 6.26. The van der Waals surface area contributed by atoms with Gasteiger partial charge in [0.2, 0.25) is 0 Å². The highest BCUT2D eigenvalue weighted by molar-refractivity contribution is 6.77. The monoisotopic (exact) mass is 490 g/mol. The lowest BCUT2D eigenvalue weighted by molar-refractivity contribution is 0.297. The Kier molecular flexibility index (Phi) is 8.62. The fourth-order valence-electron chi connectivity index (χ4n) is 3.09. The lowest BCUT2D eigenvalue weighted by Crippen LogP contribution is -2.50. The zero-order valence-electron chi connectivity index (χ0n) is 19.9. The molecule has 0 aliphatic rings. The maximum absolute atomic E-state index is 6.47. The van der Waals surface area contributed by atoms with Crippen LogP contribution in [0.4, 0.5) is 0 Å². The molecule has 0 spiro atoms. The van der Waals surface area contributed by atoms with Gasteiger partial charge >= 0.3 is 8.80 Å². The summed E-state index contributed by atoms with van der Waals surface area (Å²) in [5.41, 5.74) is 7.65. The molecule has 0 aromatic heterocycles. The first kappa shape index (κ1) is 25.0. The second-order valence-corrected chi connectivity index (χ2v) is 14.6. The highest BCUT2D eigenvalue weighted by Gasteiger charge is 2.35. The number of hydrogen-bond donors (Lipinski definition) is 0. The van der Waals surface area contributed by atoms with Gasteiger partial charge in [0.15, 0.2) is 0 Å². The van der Waals surface area contributed by atoms with E-state index in [1.54, 1.807) is 0 Å². The van der Waals surface area contributed by atoms with E-state index in [-0.39, 0.29) is 29.3 Å². The first-order valence-corrected chi connectivity index (χ1v) is 15.7. The Bertz CT molecular complexity index is 950. The summed E-state index contributed by atoms with van der Waals surface area (Å²) in [7, 11) is -2.29. The number of hydrogen-bond acceptors (Lipinski definition) is 3. The van der Waals surface area contributed by atoms with Crippen molar-refractivity contribution in [2.45, 2.75) is 48.1 Å². The van der Waals surface area contributed by atoms with Crippen molar-refractivity contribution in [3.63, 3.8) is 0 Å². The third-order valence-electron chi connectivity index (χ3n) is 5.85. The smallest absolute Gasteiger partial charge is 0.412 e. The molecule has 3 rings (SSSR count). The van der Waals surface area contributed by atoms with Crippen molar-refractivity contribution < 1.29 is 12.3 Å². The van der Waals surface area contributed by atoms with Gasteiger partial charge in [-0.15, -0.1) is 0 Å². The molecule has 3 nitrogen and oxygen atoms in total. The summed E-state index contributed by atoms with van der Waals surface area (Å²) in [6.45, 7) is 14.9. The molecular formula is C25H30O3Si4.